The first-order valence-corrected chi connectivity index (χ1v) is 6.84. The Labute approximate surface area is 115 Å². The number of hydrogen-bond donors (Lipinski definition) is 1. The van der Waals surface area contributed by atoms with Gasteiger partial charge in [0.25, 0.3) is 0 Å². The number of fused-ring (bicyclic) bond motifs is 1. The summed E-state index contributed by atoms with van der Waals surface area (Å²) in [6.45, 7) is 1.64. The molecule has 0 amide bonds. The van der Waals surface area contributed by atoms with Crippen molar-refractivity contribution in [3.63, 3.8) is 0 Å². The van der Waals surface area contributed by atoms with Crippen LogP contribution in [0.2, 0.25) is 0 Å². The van der Waals surface area contributed by atoms with E-state index in [1.807, 2.05) is 12.1 Å². The van der Waals surface area contributed by atoms with Gasteiger partial charge in [0.2, 0.25) is 0 Å². The van der Waals surface area contributed by atoms with Crippen molar-refractivity contribution in [2.45, 2.75) is 13.0 Å². The first-order valence-electron chi connectivity index (χ1n) is 6.05. The fraction of sp³-hybridized carbons (Fsp3) is 0.200. The molecule has 0 aliphatic carbocycles. The number of halogens is 1. The SMILES string of the molecule is Brc1cccc(CNc2ccc3c(c2)CCO3)c1. The van der Waals surface area contributed by atoms with Crippen molar-refractivity contribution in [2.24, 2.45) is 0 Å². The smallest absolute Gasteiger partial charge is 0.122 e. The molecule has 0 unspecified atom stereocenters. The van der Waals surface area contributed by atoms with E-state index in [1.54, 1.807) is 0 Å². The van der Waals surface area contributed by atoms with Crippen LogP contribution in [0.25, 0.3) is 0 Å². The summed E-state index contributed by atoms with van der Waals surface area (Å²) in [6.07, 6.45) is 1.02. The molecule has 1 aliphatic rings. The molecule has 2 aromatic carbocycles. The summed E-state index contributed by atoms with van der Waals surface area (Å²) < 4.78 is 6.61. The molecule has 0 fully saturated rings. The van der Waals surface area contributed by atoms with Crippen LogP contribution in [-0.4, -0.2) is 6.61 Å². The van der Waals surface area contributed by atoms with Gasteiger partial charge in [0.15, 0.2) is 0 Å². The molecule has 0 atom stereocenters. The number of rotatable bonds is 3. The quantitative estimate of drug-likeness (QED) is 0.925. The Hall–Kier alpha value is -1.48. The molecule has 3 rings (SSSR count). The van der Waals surface area contributed by atoms with Gasteiger partial charge in [-0.15, -0.1) is 0 Å². The summed E-state index contributed by atoms with van der Waals surface area (Å²) in [6, 6.07) is 14.6. The number of hydrogen-bond acceptors (Lipinski definition) is 2. The van der Waals surface area contributed by atoms with E-state index in [9.17, 15) is 0 Å². The molecule has 1 aliphatic heterocycles. The fourth-order valence-corrected chi connectivity index (χ4v) is 2.59. The molecule has 1 heterocycles. The van der Waals surface area contributed by atoms with Gasteiger partial charge >= 0.3 is 0 Å². The van der Waals surface area contributed by atoms with E-state index in [2.05, 4.69) is 51.6 Å². The van der Waals surface area contributed by atoms with Crippen LogP contribution in [0, 0.1) is 0 Å². The molecule has 0 saturated carbocycles. The fourth-order valence-electron chi connectivity index (χ4n) is 2.15. The molecular formula is C15H14BrNO. The zero-order valence-electron chi connectivity index (χ0n) is 9.95. The second-order valence-electron chi connectivity index (χ2n) is 4.40. The zero-order valence-corrected chi connectivity index (χ0v) is 11.5. The Bertz CT molecular complexity index is 568. The minimum atomic E-state index is 0.810. The van der Waals surface area contributed by atoms with Gasteiger partial charge in [-0.1, -0.05) is 28.1 Å². The van der Waals surface area contributed by atoms with Crippen molar-refractivity contribution in [1.29, 1.82) is 0 Å². The number of nitrogens with one attached hydrogen (secondary N) is 1. The van der Waals surface area contributed by atoms with E-state index in [-0.39, 0.29) is 0 Å². The van der Waals surface area contributed by atoms with Crippen molar-refractivity contribution in [3.8, 4) is 5.75 Å². The standard InChI is InChI=1S/C15H14BrNO/c16-13-3-1-2-11(8-13)10-17-14-4-5-15-12(9-14)6-7-18-15/h1-5,8-9,17H,6-7,10H2. The molecule has 2 aromatic rings. The van der Waals surface area contributed by atoms with Crippen LogP contribution in [0.5, 0.6) is 5.75 Å². The summed E-state index contributed by atoms with van der Waals surface area (Å²) in [5, 5.41) is 3.44. The predicted octanol–water partition coefficient (Wildman–Crippen LogP) is 4.00. The average molecular weight is 304 g/mol. The summed E-state index contributed by atoms with van der Waals surface area (Å²) in [5.41, 5.74) is 3.72. The summed E-state index contributed by atoms with van der Waals surface area (Å²) >= 11 is 3.48. The van der Waals surface area contributed by atoms with Gasteiger partial charge in [0.05, 0.1) is 6.61 Å². The first kappa shape index (κ1) is 11.6. The van der Waals surface area contributed by atoms with Crippen molar-refractivity contribution >= 4 is 21.6 Å². The van der Waals surface area contributed by atoms with Crippen LogP contribution in [0.4, 0.5) is 5.69 Å². The molecule has 0 aromatic heterocycles. The van der Waals surface area contributed by atoms with Crippen LogP contribution >= 0.6 is 15.9 Å². The molecular weight excluding hydrogens is 290 g/mol. The van der Waals surface area contributed by atoms with Crippen molar-refractivity contribution < 1.29 is 4.74 Å². The van der Waals surface area contributed by atoms with Crippen LogP contribution in [-0.2, 0) is 13.0 Å². The van der Waals surface area contributed by atoms with Gasteiger partial charge in [0, 0.05) is 23.1 Å². The first-order chi connectivity index (χ1) is 8.81. The third-order valence-electron chi connectivity index (χ3n) is 3.08. The van der Waals surface area contributed by atoms with Gasteiger partial charge in [-0.3, -0.25) is 0 Å². The lowest BCUT2D eigenvalue weighted by atomic mass is 10.1. The summed E-state index contributed by atoms with van der Waals surface area (Å²) in [7, 11) is 0. The van der Waals surface area contributed by atoms with E-state index in [1.165, 1.54) is 11.1 Å². The second kappa shape index (κ2) is 5.02. The Kier molecular flexibility index (Phi) is 3.24. The summed E-state index contributed by atoms with van der Waals surface area (Å²) in [4.78, 5) is 0. The van der Waals surface area contributed by atoms with Crippen LogP contribution in [0.3, 0.4) is 0 Å². The lowest BCUT2D eigenvalue weighted by molar-refractivity contribution is 0.357. The molecule has 2 nitrogen and oxygen atoms in total. The van der Waals surface area contributed by atoms with E-state index in [0.717, 1.165) is 35.5 Å². The van der Waals surface area contributed by atoms with Gasteiger partial charge in [0.1, 0.15) is 5.75 Å². The Balaban J connectivity index is 1.70. The van der Waals surface area contributed by atoms with Crippen molar-refractivity contribution in [1.82, 2.24) is 0 Å². The molecule has 0 radical (unpaired) electrons. The maximum absolute atomic E-state index is 5.50. The maximum atomic E-state index is 5.50. The molecule has 18 heavy (non-hydrogen) atoms. The maximum Gasteiger partial charge on any atom is 0.122 e. The highest BCUT2D eigenvalue weighted by molar-refractivity contribution is 9.10. The van der Waals surface area contributed by atoms with Crippen molar-refractivity contribution in [3.05, 3.63) is 58.1 Å². The molecule has 92 valence electrons. The Morgan fingerprint density at radius 2 is 2.11 bits per heavy atom. The molecule has 3 heteroatoms. The average Bonchev–Trinajstić information content (AvgIpc) is 2.84. The van der Waals surface area contributed by atoms with Crippen LogP contribution in [0.15, 0.2) is 46.9 Å². The van der Waals surface area contributed by atoms with Gasteiger partial charge < -0.3 is 10.1 Å². The van der Waals surface area contributed by atoms with E-state index < -0.39 is 0 Å². The normalized spacial score (nSPS) is 12.9. The second-order valence-corrected chi connectivity index (χ2v) is 5.32. The van der Waals surface area contributed by atoms with Gasteiger partial charge in [-0.25, -0.2) is 0 Å². The predicted molar refractivity (Wildman–Crippen MR) is 77.1 cm³/mol. The molecule has 1 N–H and O–H groups in total. The van der Waals surface area contributed by atoms with Gasteiger partial charge in [-0.05, 0) is 41.5 Å². The van der Waals surface area contributed by atoms with E-state index in [0.29, 0.717) is 0 Å². The Morgan fingerprint density at radius 3 is 3.00 bits per heavy atom. The topological polar surface area (TPSA) is 21.3 Å². The monoisotopic (exact) mass is 303 g/mol. The molecule has 0 bridgehead atoms. The molecule has 0 saturated heterocycles. The third kappa shape index (κ3) is 2.51. The highest BCUT2D eigenvalue weighted by Crippen LogP contribution is 2.28. The van der Waals surface area contributed by atoms with E-state index >= 15 is 0 Å². The third-order valence-corrected chi connectivity index (χ3v) is 3.57. The van der Waals surface area contributed by atoms with Gasteiger partial charge in [-0.2, -0.15) is 0 Å². The Morgan fingerprint density at radius 1 is 1.17 bits per heavy atom. The van der Waals surface area contributed by atoms with Crippen LogP contribution < -0.4 is 10.1 Å². The minimum Gasteiger partial charge on any atom is -0.493 e. The number of benzene rings is 2. The number of anilines is 1. The summed E-state index contributed by atoms with van der Waals surface area (Å²) in [5.74, 6) is 1.03. The van der Waals surface area contributed by atoms with Crippen molar-refractivity contribution in [2.75, 3.05) is 11.9 Å². The highest BCUT2D eigenvalue weighted by Gasteiger charge is 2.11. The minimum absolute atomic E-state index is 0.810. The highest BCUT2D eigenvalue weighted by atomic mass is 79.9. The number of ether oxygens (including phenoxy) is 1. The largest absolute Gasteiger partial charge is 0.493 e. The lowest BCUT2D eigenvalue weighted by Crippen LogP contribution is -1.99. The lowest BCUT2D eigenvalue weighted by Gasteiger charge is -2.08. The molecule has 0 spiro atoms. The van der Waals surface area contributed by atoms with E-state index in [4.69, 9.17) is 4.74 Å². The zero-order chi connectivity index (χ0) is 12.4. The van der Waals surface area contributed by atoms with Crippen LogP contribution in [0.1, 0.15) is 11.1 Å².